The van der Waals surface area contributed by atoms with Crippen molar-refractivity contribution in [3.05, 3.63) is 29.6 Å². The van der Waals surface area contributed by atoms with Gasteiger partial charge in [-0.3, -0.25) is 14.6 Å². The highest BCUT2D eigenvalue weighted by Gasteiger charge is 2.34. The van der Waals surface area contributed by atoms with Crippen LogP contribution >= 0.6 is 0 Å². The van der Waals surface area contributed by atoms with Crippen molar-refractivity contribution in [3.8, 4) is 0 Å². The van der Waals surface area contributed by atoms with Crippen molar-refractivity contribution in [1.29, 1.82) is 0 Å². The second-order valence-corrected chi connectivity index (χ2v) is 4.95. The van der Waals surface area contributed by atoms with E-state index in [2.05, 4.69) is 10.3 Å². The van der Waals surface area contributed by atoms with Crippen LogP contribution in [0.2, 0.25) is 0 Å². The third-order valence-corrected chi connectivity index (χ3v) is 3.23. The Bertz CT molecular complexity index is 539. The normalized spacial score (nSPS) is 16.3. The lowest BCUT2D eigenvalue weighted by atomic mass is 10.1. The Morgan fingerprint density at radius 1 is 1.38 bits per heavy atom. The highest BCUT2D eigenvalue weighted by molar-refractivity contribution is 5.92. The van der Waals surface area contributed by atoms with Crippen LogP contribution in [-0.2, 0) is 11.0 Å². The molecule has 1 aromatic rings. The molecule has 5 nitrogen and oxygen atoms in total. The molecule has 2 N–H and O–H groups in total. The van der Waals surface area contributed by atoms with E-state index in [0.717, 1.165) is 25.0 Å². The first-order valence-electron chi connectivity index (χ1n) is 6.33. The van der Waals surface area contributed by atoms with Gasteiger partial charge in [0.2, 0.25) is 0 Å². The lowest BCUT2D eigenvalue weighted by Gasteiger charge is -2.16. The van der Waals surface area contributed by atoms with Crippen molar-refractivity contribution in [2.45, 2.75) is 31.5 Å². The number of hydrogen-bond acceptors (Lipinski definition) is 3. The molecule has 0 spiro atoms. The molecule has 1 amide bonds. The van der Waals surface area contributed by atoms with Gasteiger partial charge in [0.25, 0.3) is 5.91 Å². The van der Waals surface area contributed by atoms with Gasteiger partial charge < -0.3 is 10.4 Å². The van der Waals surface area contributed by atoms with Gasteiger partial charge in [0, 0.05) is 12.2 Å². The number of pyridine rings is 1. The molecule has 8 heteroatoms. The number of amides is 1. The molecule has 1 fully saturated rings. The molecule has 21 heavy (non-hydrogen) atoms. The Morgan fingerprint density at radius 2 is 2.05 bits per heavy atom. The molecule has 0 saturated heterocycles. The van der Waals surface area contributed by atoms with Crippen molar-refractivity contribution in [3.63, 3.8) is 0 Å². The van der Waals surface area contributed by atoms with Crippen LogP contribution in [0.4, 0.5) is 13.2 Å². The molecule has 1 unspecified atom stereocenters. The van der Waals surface area contributed by atoms with E-state index in [0.29, 0.717) is 6.20 Å². The maximum absolute atomic E-state index is 12.4. The fourth-order valence-corrected chi connectivity index (χ4v) is 1.96. The summed E-state index contributed by atoms with van der Waals surface area (Å²) in [5, 5.41) is 11.3. The Hall–Kier alpha value is -2.12. The monoisotopic (exact) mass is 302 g/mol. The average molecular weight is 302 g/mol. The fraction of sp³-hybridized carbons (Fsp3) is 0.462. The molecule has 0 aromatic carbocycles. The number of nitrogens with zero attached hydrogens (tertiary/aromatic N) is 1. The van der Waals surface area contributed by atoms with E-state index in [1.54, 1.807) is 0 Å². The molecule has 0 bridgehead atoms. The number of rotatable bonds is 5. The molecule has 1 saturated carbocycles. The van der Waals surface area contributed by atoms with E-state index in [9.17, 15) is 22.8 Å². The van der Waals surface area contributed by atoms with E-state index in [4.69, 9.17) is 5.11 Å². The van der Waals surface area contributed by atoms with Crippen molar-refractivity contribution in [2.75, 3.05) is 0 Å². The number of alkyl halides is 3. The molecule has 0 radical (unpaired) electrons. The number of hydrogen-bond donors (Lipinski definition) is 2. The zero-order valence-electron chi connectivity index (χ0n) is 10.9. The van der Waals surface area contributed by atoms with E-state index in [1.807, 2.05) is 0 Å². The maximum atomic E-state index is 12.4. The molecule has 1 aromatic heterocycles. The third kappa shape index (κ3) is 4.17. The minimum atomic E-state index is -4.51. The lowest BCUT2D eigenvalue weighted by Crippen LogP contribution is -2.38. The predicted octanol–water partition coefficient (Wildman–Crippen LogP) is 2.08. The summed E-state index contributed by atoms with van der Waals surface area (Å²) < 4.78 is 37.1. The number of carbonyl (C=O) groups excluding carboxylic acids is 1. The Morgan fingerprint density at radius 3 is 2.48 bits per heavy atom. The van der Waals surface area contributed by atoms with Crippen LogP contribution in [0.5, 0.6) is 0 Å². The summed E-state index contributed by atoms with van der Waals surface area (Å²) in [6.45, 7) is 0. The minimum Gasteiger partial charge on any atom is -0.481 e. The Kier molecular flexibility index (Phi) is 4.15. The minimum absolute atomic E-state index is 0.111. The fourth-order valence-electron chi connectivity index (χ4n) is 1.96. The van der Waals surface area contributed by atoms with Crippen LogP contribution in [-0.4, -0.2) is 28.0 Å². The first-order valence-corrected chi connectivity index (χ1v) is 6.33. The summed E-state index contributed by atoms with van der Waals surface area (Å²) in [5.74, 6) is -1.59. The smallest absolute Gasteiger partial charge is 0.417 e. The second-order valence-electron chi connectivity index (χ2n) is 4.95. The largest absolute Gasteiger partial charge is 0.481 e. The molecular weight excluding hydrogens is 289 g/mol. The van der Waals surface area contributed by atoms with Gasteiger partial charge >= 0.3 is 12.1 Å². The SMILES string of the molecule is O=C(O)CC(NC(=O)c1ccc(C(F)(F)F)cn1)C1CC1. The molecule has 114 valence electrons. The molecule has 1 aliphatic rings. The van der Waals surface area contributed by atoms with Crippen LogP contribution in [0.1, 0.15) is 35.3 Å². The van der Waals surface area contributed by atoms with Crippen molar-refractivity contribution >= 4 is 11.9 Å². The van der Waals surface area contributed by atoms with Gasteiger partial charge in [-0.25, -0.2) is 0 Å². The van der Waals surface area contributed by atoms with Gasteiger partial charge in [0.05, 0.1) is 12.0 Å². The molecular formula is C13H13F3N2O3. The van der Waals surface area contributed by atoms with Crippen molar-refractivity contribution in [2.24, 2.45) is 5.92 Å². The van der Waals surface area contributed by atoms with Gasteiger partial charge in [-0.05, 0) is 30.9 Å². The van der Waals surface area contributed by atoms with Gasteiger partial charge in [-0.1, -0.05) is 0 Å². The first-order chi connectivity index (χ1) is 9.77. The summed E-state index contributed by atoms with van der Waals surface area (Å²) in [5.41, 5.74) is -1.11. The topological polar surface area (TPSA) is 79.3 Å². The number of halogens is 3. The summed E-state index contributed by atoms with van der Waals surface area (Å²) in [4.78, 5) is 26.1. The van der Waals surface area contributed by atoms with Crippen LogP contribution in [0.3, 0.4) is 0 Å². The van der Waals surface area contributed by atoms with E-state index in [-0.39, 0.29) is 18.0 Å². The highest BCUT2D eigenvalue weighted by atomic mass is 19.4. The summed E-state index contributed by atoms with van der Waals surface area (Å²) in [6.07, 6.45) is -2.48. The van der Waals surface area contributed by atoms with E-state index < -0.39 is 29.7 Å². The molecule has 0 aliphatic heterocycles. The second kappa shape index (κ2) is 5.71. The summed E-state index contributed by atoms with van der Waals surface area (Å²) in [6, 6.07) is 1.23. The van der Waals surface area contributed by atoms with Crippen molar-refractivity contribution in [1.82, 2.24) is 10.3 Å². The van der Waals surface area contributed by atoms with E-state index >= 15 is 0 Å². The average Bonchev–Trinajstić information content (AvgIpc) is 3.20. The van der Waals surface area contributed by atoms with Crippen LogP contribution in [0, 0.1) is 5.92 Å². The molecule has 1 atom stereocenters. The number of aliphatic carboxylic acids is 1. The number of carboxylic acid groups (broad SMARTS) is 1. The van der Waals surface area contributed by atoms with Gasteiger partial charge in [0.15, 0.2) is 0 Å². The standard InChI is InChI=1S/C13H13F3N2O3/c14-13(15,16)8-3-4-9(17-6-8)12(21)18-10(5-11(19)20)7-1-2-7/h3-4,6-7,10H,1-2,5H2,(H,18,21)(H,19,20). The predicted molar refractivity (Wildman–Crippen MR) is 65.5 cm³/mol. The zero-order valence-corrected chi connectivity index (χ0v) is 10.9. The number of aromatic nitrogens is 1. The highest BCUT2D eigenvalue weighted by Crippen LogP contribution is 2.34. The number of carboxylic acids is 1. The Balaban J connectivity index is 2.03. The number of carbonyl (C=O) groups is 2. The van der Waals surface area contributed by atoms with E-state index in [1.165, 1.54) is 0 Å². The third-order valence-electron chi connectivity index (χ3n) is 3.23. The first kappa shape index (κ1) is 15.3. The van der Waals surface area contributed by atoms with Gasteiger partial charge in [-0.15, -0.1) is 0 Å². The summed E-state index contributed by atoms with van der Waals surface area (Å²) in [7, 11) is 0. The zero-order chi connectivity index (χ0) is 15.6. The Labute approximate surface area is 118 Å². The van der Waals surface area contributed by atoms with Gasteiger partial charge in [-0.2, -0.15) is 13.2 Å². The van der Waals surface area contributed by atoms with Gasteiger partial charge in [0.1, 0.15) is 5.69 Å². The number of nitrogens with one attached hydrogen (secondary N) is 1. The maximum Gasteiger partial charge on any atom is 0.417 e. The summed E-state index contributed by atoms with van der Waals surface area (Å²) >= 11 is 0. The van der Waals surface area contributed by atoms with Crippen LogP contribution in [0.15, 0.2) is 18.3 Å². The van der Waals surface area contributed by atoms with Crippen LogP contribution in [0.25, 0.3) is 0 Å². The lowest BCUT2D eigenvalue weighted by molar-refractivity contribution is -0.138. The van der Waals surface area contributed by atoms with Crippen molar-refractivity contribution < 1.29 is 27.9 Å². The molecule has 1 heterocycles. The van der Waals surface area contributed by atoms with Crippen LogP contribution < -0.4 is 5.32 Å². The quantitative estimate of drug-likeness (QED) is 0.873. The molecule has 1 aliphatic carbocycles. The molecule has 2 rings (SSSR count).